The summed E-state index contributed by atoms with van der Waals surface area (Å²) in [7, 11) is 77.0. The molecule has 0 aliphatic rings. The van der Waals surface area contributed by atoms with E-state index in [1.54, 1.807) is 0 Å². The summed E-state index contributed by atoms with van der Waals surface area (Å²) in [5.41, 5.74) is 0. The van der Waals surface area contributed by atoms with Gasteiger partial charge in [-0.3, -0.25) is 0 Å². The molecule has 0 radical (unpaired) electrons. The van der Waals surface area contributed by atoms with Crippen LogP contribution in [-0.4, -0.2) is 0 Å². The molecular weight excluding hydrogens is 1440 g/mol. The summed E-state index contributed by atoms with van der Waals surface area (Å²) in [6.07, 6.45) is 0. The molecule has 47 heteroatoms. The van der Waals surface area contributed by atoms with Gasteiger partial charge in [0.2, 0.25) is 0 Å². The molecule has 27 unspecified atom stereocenters. The van der Waals surface area contributed by atoms with Gasteiger partial charge in [-0.25, -0.2) is 0 Å². The van der Waals surface area contributed by atoms with E-state index in [0.717, 1.165) is 0 Å². The third kappa shape index (κ3) is 23.6. The van der Waals surface area contributed by atoms with Gasteiger partial charge < -0.3 is 0 Å². The van der Waals surface area contributed by atoms with Gasteiger partial charge in [0.25, 0.3) is 0 Å². The number of hydrogen-bond acceptors (Lipinski definition) is 2. The van der Waals surface area contributed by atoms with Crippen LogP contribution in [0.25, 0.3) is 0 Å². The maximum Gasteiger partial charge on any atom is 0.0992 e. The minimum absolute atomic E-state index is 0.177. The molecule has 1 nitrogen and oxygen atoms in total. The van der Waals surface area contributed by atoms with E-state index in [2.05, 4.69) is 205 Å². The number of hydrogen-bond donors (Lipinski definition) is 0. The second kappa shape index (κ2) is 36.3. The van der Waals surface area contributed by atoms with Gasteiger partial charge in [0.15, 0.2) is 0 Å². The number of nitrogens with zero attached hydrogens (tertiary/aromatic N) is 1. The normalized spacial score (nSPS) is 16.6. The van der Waals surface area contributed by atoms with Gasteiger partial charge in [0.1, 0.15) is 0 Å². The lowest BCUT2D eigenvalue weighted by Crippen LogP contribution is -1.70. The molecule has 0 N–H and O–H groups in total. The van der Waals surface area contributed by atoms with Crippen molar-refractivity contribution >= 4 is 372 Å². The topological polar surface area (TPSA) is 12.4 Å². The van der Waals surface area contributed by atoms with Crippen LogP contribution in [0.15, 0.2) is 4.13 Å². The average molecular weight is 1490 g/mol. The highest BCUT2D eigenvalue weighted by atomic mass is 33.5. The van der Waals surface area contributed by atoms with Crippen LogP contribution >= 0.6 is 360 Å². The molecule has 27 atom stereocenters. The molecule has 0 bridgehead atoms. The fraction of sp³-hybridized carbons (Fsp3) is 0. The smallest absolute Gasteiger partial charge is 0.0992 e. The number of rotatable bonds is 22. The molecular formula is H46NP45S. The van der Waals surface area contributed by atoms with Crippen LogP contribution in [-0.2, 0) is 12.4 Å². The van der Waals surface area contributed by atoms with Crippen molar-refractivity contribution in [2.75, 3.05) is 0 Å². The van der Waals surface area contributed by atoms with Gasteiger partial charge in [0, 0.05) is 40.4 Å². The minimum atomic E-state index is -0.639. The second-order valence-electron chi connectivity index (χ2n) is 7.27. The van der Waals surface area contributed by atoms with Crippen molar-refractivity contribution in [3.8, 4) is 0 Å². The van der Waals surface area contributed by atoms with Crippen LogP contribution in [0.1, 0.15) is 0 Å². The monoisotopic (exact) mass is 1490 g/mol. The van der Waals surface area contributed by atoms with E-state index in [-0.39, 0.29) is 147 Å². The summed E-state index contributed by atoms with van der Waals surface area (Å²) in [6, 6.07) is 0. The molecule has 0 rings (SSSR count). The largest absolute Gasteiger partial charge is 0.185 e. The van der Waals surface area contributed by atoms with Crippen LogP contribution < -0.4 is 0 Å². The first-order chi connectivity index (χ1) is 21.4. The summed E-state index contributed by atoms with van der Waals surface area (Å²) in [5, 5.41) is 0. The maximum atomic E-state index is 6.34. The van der Waals surface area contributed by atoms with Gasteiger partial charge in [-0.15, -0.1) is 205 Å². The highest BCUT2D eigenvalue weighted by Gasteiger charge is 2.57. The zero-order valence-electron chi connectivity index (χ0n) is 24.0. The Hall–Kier alpha value is 19.4. The predicted octanol–water partition coefficient (Wildman–Crippen LogP) is 26.6. The first kappa shape index (κ1) is 66.4. The van der Waals surface area contributed by atoms with Gasteiger partial charge in [0.05, 0.1) is 7.45 Å². The van der Waals surface area contributed by atoms with Gasteiger partial charge in [-0.1, -0.05) is 0 Å². The average Bonchev–Trinajstić information content (AvgIpc) is 2.87. The second-order valence-corrected chi connectivity index (χ2v) is 191. The lowest BCUT2D eigenvalue weighted by atomic mass is 13.9. The van der Waals surface area contributed by atoms with Crippen LogP contribution in [0.5, 0.6) is 0 Å². The summed E-state index contributed by atoms with van der Waals surface area (Å²) >= 11 is 6.34. The van der Waals surface area contributed by atoms with Crippen molar-refractivity contribution in [2.45, 2.75) is 0 Å². The van der Waals surface area contributed by atoms with Gasteiger partial charge in [-0.05, 0) is 119 Å². The molecule has 0 amide bonds. The van der Waals surface area contributed by atoms with Crippen LogP contribution in [0.3, 0.4) is 0 Å². The summed E-state index contributed by atoms with van der Waals surface area (Å²) < 4.78 is 5.57. The quantitative estimate of drug-likeness (QED) is 0.0984. The summed E-state index contributed by atoms with van der Waals surface area (Å²) in [6.45, 7) is -4.92. The highest BCUT2D eigenvalue weighted by molar-refractivity contribution is 9.47. The van der Waals surface area contributed by atoms with E-state index in [4.69, 9.17) is 16.6 Å². The first-order valence-electron chi connectivity index (χ1n) is 10.5. The first-order valence-corrected chi connectivity index (χ1v) is 92.4. The van der Waals surface area contributed by atoms with Crippen LogP contribution in [0.2, 0.25) is 0 Å². The van der Waals surface area contributed by atoms with E-state index >= 15 is 0 Å². The Morgan fingerprint density at radius 1 is 0.234 bits per heavy atom. The SMILES string of the molecule is PP(P)P(P)P(P(P(P)P)P(P)P)P(P(N=S)P(P(P(P)P)P(P)P)P(P(P)P)P(P)P)P(P(P(P)P)P(P)P)P(P(P)P)P(P)P. The molecule has 0 aliphatic heterocycles. The van der Waals surface area contributed by atoms with Crippen LogP contribution in [0.4, 0.5) is 0 Å². The molecule has 0 heterocycles. The van der Waals surface area contributed by atoms with E-state index in [1.807, 2.05) is 0 Å². The molecule has 0 aliphatic carbocycles. The highest BCUT2D eigenvalue weighted by Crippen LogP contribution is 3.42. The Morgan fingerprint density at radius 3 is 0.617 bits per heavy atom. The van der Waals surface area contributed by atoms with Gasteiger partial charge >= 0.3 is 0 Å². The Morgan fingerprint density at radius 2 is 0.426 bits per heavy atom. The van der Waals surface area contributed by atoms with Gasteiger partial charge in [-0.2, -0.15) is 4.13 Å². The fourth-order valence-electron chi connectivity index (χ4n) is 2.63. The summed E-state index contributed by atoms with van der Waals surface area (Å²) in [4.78, 5) is 0. The van der Waals surface area contributed by atoms with Crippen molar-refractivity contribution in [1.29, 1.82) is 0 Å². The van der Waals surface area contributed by atoms with Crippen molar-refractivity contribution < 1.29 is 0 Å². The zero-order chi connectivity index (χ0) is 37.4. The Balaban J connectivity index is 8.92. The molecule has 0 fully saturated rings. The maximum absolute atomic E-state index is 6.34. The van der Waals surface area contributed by atoms with Crippen molar-refractivity contribution in [3.05, 3.63) is 0 Å². The third-order valence-electron chi connectivity index (χ3n) is 4.00. The molecule has 0 saturated heterocycles. The third-order valence-corrected chi connectivity index (χ3v) is 311. The van der Waals surface area contributed by atoms with E-state index in [9.17, 15) is 0 Å². The lowest BCUT2D eigenvalue weighted by molar-refractivity contribution is 2.10. The predicted molar refractivity (Wildman–Crippen MR) is 385 cm³/mol. The molecule has 0 aromatic rings. The Bertz CT molecular complexity index is 753. The summed E-state index contributed by atoms with van der Waals surface area (Å²) in [5.74, 6) is 0. The van der Waals surface area contributed by atoms with E-state index in [0.29, 0.717) is 0 Å². The standard InChI is InChI=1S/H46NP45S/c2-26(3)37(24)45(42(31(12)13)32(14)15)39(46(43(33(16)17)34(18)19)44(35(20)21)36(22)23)25(1-47)38(40(27(4)5)28(6)7)41(29(8)9)30(10)11/h2-24H2. The van der Waals surface area contributed by atoms with E-state index in [1.165, 1.54) is 0 Å². The molecule has 282 valence electrons. The fourth-order valence-corrected chi connectivity index (χ4v) is 605. The Labute approximate surface area is 370 Å². The van der Waals surface area contributed by atoms with Crippen molar-refractivity contribution in [1.82, 2.24) is 0 Å². The molecule has 0 spiro atoms. The molecule has 0 aromatic heterocycles. The molecule has 0 aromatic carbocycles. The zero-order valence-corrected chi connectivity index (χ0v) is 71.0. The minimum Gasteiger partial charge on any atom is -0.185 e. The lowest BCUT2D eigenvalue weighted by Gasteiger charge is -2.55. The molecule has 0 saturated carbocycles. The van der Waals surface area contributed by atoms with E-state index < -0.39 is 7.45 Å². The Kier molecular flexibility index (Phi) is 51.3. The van der Waals surface area contributed by atoms with Crippen molar-refractivity contribution in [3.63, 3.8) is 0 Å². The van der Waals surface area contributed by atoms with Crippen LogP contribution in [0, 0.1) is 0 Å². The molecule has 47 heavy (non-hydrogen) atoms. The van der Waals surface area contributed by atoms with Crippen molar-refractivity contribution in [2.24, 2.45) is 4.13 Å².